The van der Waals surface area contributed by atoms with Crippen LogP contribution < -0.4 is 5.32 Å². The van der Waals surface area contributed by atoms with E-state index in [1.54, 1.807) is 0 Å². The normalized spacial score (nSPS) is 21.3. The largest absolute Gasteiger partial charge is 0.340 e. The first-order valence-electron chi connectivity index (χ1n) is 9.26. The first-order chi connectivity index (χ1) is 11.3. The SMILES string of the molecule is CCN(C(=O)CCN1C(=O)NC2(CCCCC2)C1=O)[C@@H](C)C(C)C. The standard InChI is InChI=1S/C18H31N3O3/c1-5-20(14(4)13(2)3)15(22)9-12-21-16(23)18(19-17(21)24)10-7-6-8-11-18/h13-14H,5-12H2,1-4H3,(H,19,24)/t14-/m0/s1. The molecule has 1 N–H and O–H groups in total. The Morgan fingerprint density at radius 3 is 2.38 bits per heavy atom. The van der Waals surface area contributed by atoms with E-state index in [1.165, 1.54) is 4.90 Å². The fourth-order valence-electron chi connectivity index (χ4n) is 3.78. The van der Waals surface area contributed by atoms with E-state index in [0.29, 0.717) is 25.3 Å². The van der Waals surface area contributed by atoms with Crippen LogP contribution in [0, 0.1) is 5.92 Å². The van der Waals surface area contributed by atoms with Crippen LogP contribution >= 0.6 is 0 Å². The third-order valence-corrected chi connectivity index (χ3v) is 5.62. The van der Waals surface area contributed by atoms with E-state index in [-0.39, 0.29) is 36.9 Å². The highest BCUT2D eigenvalue weighted by Gasteiger charge is 2.51. The number of carbonyl (C=O) groups excluding carboxylic acids is 3. The number of hydrogen-bond donors (Lipinski definition) is 1. The molecule has 0 aromatic carbocycles. The maximum atomic E-state index is 12.7. The lowest BCUT2D eigenvalue weighted by atomic mass is 9.82. The third kappa shape index (κ3) is 3.57. The molecule has 0 radical (unpaired) electrons. The number of imide groups is 1. The molecule has 0 aromatic heterocycles. The van der Waals surface area contributed by atoms with E-state index >= 15 is 0 Å². The highest BCUT2D eigenvalue weighted by Crippen LogP contribution is 2.33. The highest BCUT2D eigenvalue weighted by molar-refractivity contribution is 6.07. The van der Waals surface area contributed by atoms with Gasteiger partial charge in [-0.1, -0.05) is 33.1 Å². The summed E-state index contributed by atoms with van der Waals surface area (Å²) in [6.45, 7) is 8.99. The molecule has 136 valence electrons. The molecule has 2 fully saturated rings. The summed E-state index contributed by atoms with van der Waals surface area (Å²) in [5.74, 6) is 0.236. The monoisotopic (exact) mass is 337 g/mol. The second-order valence-corrected chi connectivity index (χ2v) is 7.44. The van der Waals surface area contributed by atoms with Gasteiger partial charge in [0.25, 0.3) is 5.91 Å². The summed E-state index contributed by atoms with van der Waals surface area (Å²) < 4.78 is 0. The molecule has 6 heteroatoms. The van der Waals surface area contributed by atoms with Crippen LogP contribution in [0.4, 0.5) is 4.79 Å². The maximum Gasteiger partial charge on any atom is 0.325 e. The average Bonchev–Trinajstić information content (AvgIpc) is 2.77. The molecule has 0 aromatic rings. The quantitative estimate of drug-likeness (QED) is 0.757. The molecule has 1 atom stereocenters. The van der Waals surface area contributed by atoms with Gasteiger partial charge in [-0.05, 0) is 32.6 Å². The molecule has 1 aliphatic heterocycles. The van der Waals surface area contributed by atoms with Crippen LogP contribution in [0.5, 0.6) is 0 Å². The van der Waals surface area contributed by atoms with E-state index in [2.05, 4.69) is 19.2 Å². The zero-order chi connectivity index (χ0) is 17.9. The summed E-state index contributed by atoms with van der Waals surface area (Å²) in [4.78, 5) is 40.5. The van der Waals surface area contributed by atoms with E-state index in [4.69, 9.17) is 0 Å². The summed E-state index contributed by atoms with van der Waals surface area (Å²) in [6, 6.07) is -0.190. The van der Waals surface area contributed by atoms with Crippen molar-refractivity contribution in [2.75, 3.05) is 13.1 Å². The minimum absolute atomic E-state index is 0.00361. The topological polar surface area (TPSA) is 69.7 Å². The van der Waals surface area contributed by atoms with E-state index in [0.717, 1.165) is 19.3 Å². The highest BCUT2D eigenvalue weighted by atomic mass is 16.2. The Labute approximate surface area is 144 Å². The summed E-state index contributed by atoms with van der Waals surface area (Å²) in [7, 11) is 0. The number of urea groups is 1. The number of nitrogens with zero attached hydrogens (tertiary/aromatic N) is 2. The number of carbonyl (C=O) groups is 3. The van der Waals surface area contributed by atoms with Crippen LogP contribution in [0.15, 0.2) is 0 Å². The number of rotatable bonds is 6. The Hall–Kier alpha value is -1.59. The summed E-state index contributed by atoms with van der Waals surface area (Å²) >= 11 is 0. The number of nitrogens with one attached hydrogen (secondary N) is 1. The van der Waals surface area contributed by atoms with Gasteiger partial charge in [-0.2, -0.15) is 0 Å². The zero-order valence-corrected chi connectivity index (χ0v) is 15.4. The fourth-order valence-corrected chi connectivity index (χ4v) is 3.78. The van der Waals surface area contributed by atoms with Gasteiger partial charge >= 0.3 is 6.03 Å². The van der Waals surface area contributed by atoms with Crippen molar-refractivity contribution in [1.82, 2.24) is 15.1 Å². The van der Waals surface area contributed by atoms with Crippen molar-refractivity contribution in [2.24, 2.45) is 5.92 Å². The third-order valence-electron chi connectivity index (χ3n) is 5.62. The predicted molar refractivity (Wildman–Crippen MR) is 92.4 cm³/mol. The Morgan fingerprint density at radius 2 is 1.83 bits per heavy atom. The fraction of sp³-hybridized carbons (Fsp3) is 0.833. The average molecular weight is 337 g/mol. The van der Waals surface area contributed by atoms with Gasteiger partial charge in [0, 0.05) is 25.6 Å². The molecule has 1 aliphatic carbocycles. The second-order valence-electron chi connectivity index (χ2n) is 7.44. The van der Waals surface area contributed by atoms with Gasteiger partial charge in [0.05, 0.1) is 0 Å². The number of amides is 4. The van der Waals surface area contributed by atoms with E-state index in [1.807, 2.05) is 18.7 Å². The Kier molecular flexibility index (Phi) is 5.88. The molecule has 1 spiro atoms. The molecule has 1 saturated heterocycles. The molecule has 1 heterocycles. The van der Waals surface area contributed by atoms with Gasteiger partial charge in [0.15, 0.2) is 0 Å². The van der Waals surface area contributed by atoms with Gasteiger partial charge < -0.3 is 10.2 Å². The van der Waals surface area contributed by atoms with E-state index in [9.17, 15) is 14.4 Å². The van der Waals surface area contributed by atoms with Crippen molar-refractivity contribution >= 4 is 17.8 Å². The molecule has 6 nitrogen and oxygen atoms in total. The summed E-state index contributed by atoms with van der Waals surface area (Å²) in [5.41, 5.74) is -0.700. The summed E-state index contributed by atoms with van der Waals surface area (Å²) in [6.07, 6.45) is 4.67. The van der Waals surface area contributed by atoms with Crippen LogP contribution in [0.3, 0.4) is 0 Å². The Morgan fingerprint density at radius 1 is 1.21 bits per heavy atom. The van der Waals surface area contributed by atoms with Crippen LogP contribution in [0.1, 0.15) is 66.2 Å². The van der Waals surface area contributed by atoms with Gasteiger partial charge in [-0.25, -0.2) is 4.79 Å². The Balaban J connectivity index is 1.97. The molecule has 2 rings (SSSR count). The molecule has 0 bridgehead atoms. The molecule has 1 saturated carbocycles. The van der Waals surface area contributed by atoms with E-state index < -0.39 is 5.54 Å². The minimum atomic E-state index is -0.700. The van der Waals surface area contributed by atoms with Crippen LogP contribution in [-0.2, 0) is 9.59 Å². The predicted octanol–water partition coefficient (Wildman–Crippen LogP) is 2.52. The first-order valence-corrected chi connectivity index (χ1v) is 9.26. The molecule has 24 heavy (non-hydrogen) atoms. The van der Waals surface area contributed by atoms with Crippen LogP contribution in [-0.4, -0.2) is 52.3 Å². The van der Waals surface area contributed by atoms with Crippen LogP contribution in [0.2, 0.25) is 0 Å². The van der Waals surface area contributed by atoms with Crippen LogP contribution in [0.25, 0.3) is 0 Å². The molecular weight excluding hydrogens is 306 g/mol. The lowest BCUT2D eigenvalue weighted by molar-refractivity contribution is -0.135. The minimum Gasteiger partial charge on any atom is -0.340 e. The van der Waals surface area contributed by atoms with Crippen molar-refractivity contribution < 1.29 is 14.4 Å². The molecule has 4 amide bonds. The zero-order valence-electron chi connectivity index (χ0n) is 15.4. The van der Waals surface area contributed by atoms with Crippen molar-refractivity contribution in [1.29, 1.82) is 0 Å². The second kappa shape index (κ2) is 7.53. The summed E-state index contributed by atoms with van der Waals surface area (Å²) in [5, 5.41) is 2.89. The van der Waals surface area contributed by atoms with Gasteiger partial charge in [-0.15, -0.1) is 0 Å². The van der Waals surface area contributed by atoms with Gasteiger partial charge in [0.2, 0.25) is 5.91 Å². The molecular formula is C18H31N3O3. The van der Waals surface area contributed by atoms with Crippen molar-refractivity contribution in [3.63, 3.8) is 0 Å². The lowest BCUT2D eigenvalue weighted by Gasteiger charge is -2.32. The van der Waals surface area contributed by atoms with Crippen molar-refractivity contribution in [3.05, 3.63) is 0 Å². The van der Waals surface area contributed by atoms with Crippen molar-refractivity contribution in [3.8, 4) is 0 Å². The van der Waals surface area contributed by atoms with Gasteiger partial charge in [0.1, 0.15) is 5.54 Å². The first kappa shape index (κ1) is 18.7. The van der Waals surface area contributed by atoms with Gasteiger partial charge in [-0.3, -0.25) is 14.5 Å². The smallest absolute Gasteiger partial charge is 0.325 e. The Bertz CT molecular complexity index is 498. The molecule has 0 unspecified atom stereocenters. The lowest BCUT2D eigenvalue weighted by Crippen LogP contribution is -2.48. The molecule has 2 aliphatic rings. The number of hydrogen-bond acceptors (Lipinski definition) is 3. The van der Waals surface area contributed by atoms with Crippen molar-refractivity contribution in [2.45, 2.75) is 77.8 Å². The maximum absolute atomic E-state index is 12.7.